The summed E-state index contributed by atoms with van der Waals surface area (Å²) < 4.78 is 16.3. The van der Waals surface area contributed by atoms with E-state index in [-0.39, 0.29) is 11.3 Å². The number of halogens is 1. The monoisotopic (exact) mass is 545 g/mol. The van der Waals surface area contributed by atoms with Crippen molar-refractivity contribution in [2.75, 3.05) is 12.0 Å². The Morgan fingerprint density at radius 3 is 2.36 bits per heavy atom. The summed E-state index contributed by atoms with van der Waals surface area (Å²) in [6, 6.07) is 17.4. The number of aliphatic hydroxyl groups excluding tert-OH is 1. The molecule has 9 heteroatoms. The molecule has 0 spiro atoms. The normalized spacial score (nSPS) is 15.2. The van der Waals surface area contributed by atoms with Crippen molar-refractivity contribution in [1.82, 2.24) is 0 Å². The number of fused-ring (bicyclic) bond motifs is 1. The Balaban J connectivity index is 1.63. The second kappa shape index (κ2) is 10.3. The van der Waals surface area contributed by atoms with Crippen LogP contribution in [0, 0.1) is 0 Å². The van der Waals surface area contributed by atoms with E-state index in [0.717, 1.165) is 12.0 Å². The lowest BCUT2D eigenvalue weighted by Gasteiger charge is -2.27. The van der Waals surface area contributed by atoms with E-state index in [4.69, 9.17) is 25.5 Å². The van der Waals surface area contributed by atoms with Gasteiger partial charge in [0.2, 0.25) is 5.78 Å². The topological polar surface area (TPSA) is 106 Å². The molecule has 1 aliphatic heterocycles. The van der Waals surface area contributed by atoms with Crippen molar-refractivity contribution in [1.29, 1.82) is 0 Å². The standard InChI is InChI=1S/C30H24ClNO7/c1-4-17-5-9-21(10-6-17)32-26(18-7-11-22(12-8-18)38-16(2)33)25(28(35)30(32)36)27(34)23-14-19-13-20(31)15-24(37-3)29(19)39-23/h5-15,26,35H,4H2,1-3H3. The van der Waals surface area contributed by atoms with Gasteiger partial charge in [0.15, 0.2) is 22.9 Å². The molecular formula is C30H24ClNO7. The number of Topliss-reactive ketones (excluding diaryl/α,β-unsaturated/α-hetero) is 1. The van der Waals surface area contributed by atoms with Crippen LogP contribution in [0.1, 0.15) is 41.6 Å². The number of methoxy groups -OCH3 is 1. The van der Waals surface area contributed by atoms with Crippen molar-refractivity contribution in [2.24, 2.45) is 0 Å². The molecule has 3 aromatic carbocycles. The number of nitrogens with zero attached hydrogens (tertiary/aromatic N) is 1. The number of furan rings is 1. The minimum atomic E-state index is -0.984. The molecule has 5 rings (SSSR count). The van der Waals surface area contributed by atoms with Crippen LogP contribution in [-0.4, -0.2) is 29.9 Å². The smallest absolute Gasteiger partial charge is 0.308 e. The highest BCUT2D eigenvalue weighted by atomic mass is 35.5. The zero-order valence-electron chi connectivity index (χ0n) is 21.4. The molecule has 8 nitrogen and oxygen atoms in total. The molecule has 2 heterocycles. The molecule has 0 radical (unpaired) electrons. The van der Waals surface area contributed by atoms with Crippen LogP contribution in [-0.2, 0) is 16.0 Å². The van der Waals surface area contributed by atoms with Gasteiger partial charge in [-0.25, -0.2) is 0 Å². The lowest BCUT2D eigenvalue weighted by Crippen LogP contribution is -2.31. The molecule has 39 heavy (non-hydrogen) atoms. The number of esters is 1. The number of hydrogen-bond donors (Lipinski definition) is 1. The quantitative estimate of drug-likeness (QED) is 0.163. The molecule has 0 aliphatic carbocycles. The average molecular weight is 546 g/mol. The number of aliphatic hydroxyl groups is 1. The van der Waals surface area contributed by atoms with Crippen LogP contribution in [0.2, 0.25) is 5.02 Å². The Bertz CT molecular complexity index is 1630. The summed E-state index contributed by atoms with van der Waals surface area (Å²) in [6.07, 6.45) is 0.808. The lowest BCUT2D eigenvalue weighted by molar-refractivity contribution is -0.131. The first kappa shape index (κ1) is 26.1. The van der Waals surface area contributed by atoms with Gasteiger partial charge < -0.3 is 19.0 Å². The number of ketones is 1. The van der Waals surface area contributed by atoms with E-state index in [0.29, 0.717) is 38.7 Å². The molecule has 1 N–H and O–H groups in total. The number of benzene rings is 3. The maximum absolute atomic E-state index is 13.9. The summed E-state index contributed by atoms with van der Waals surface area (Å²) in [7, 11) is 1.45. The summed E-state index contributed by atoms with van der Waals surface area (Å²) in [5.41, 5.74) is 2.24. The largest absolute Gasteiger partial charge is 0.503 e. The molecule has 1 amide bonds. The Morgan fingerprint density at radius 2 is 1.74 bits per heavy atom. The highest BCUT2D eigenvalue weighted by Crippen LogP contribution is 2.43. The fourth-order valence-electron chi connectivity index (χ4n) is 4.68. The van der Waals surface area contributed by atoms with Crippen molar-refractivity contribution in [3.05, 3.63) is 100.0 Å². The maximum Gasteiger partial charge on any atom is 0.308 e. The van der Waals surface area contributed by atoms with Gasteiger partial charge in [0.25, 0.3) is 5.91 Å². The van der Waals surface area contributed by atoms with Crippen molar-refractivity contribution < 1.29 is 33.4 Å². The number of aryl methyl sites for hydroxylation is 1. The van der Waals surface area contributed by atoms with Crippen molar-refractivity contribution in [3.8, 4) is 11.5 Å². The fourth-order valence-corrected chi connectivity index (χ4v) is 4.89. The number of hydrogen-bond acceptors (Lipinski definition) is 7. The Kier molecular flexibility index (Phi) is 6.89. The fraction of sp³-hybridized carbons (Fsp3) is 0.167. The van der Waals surface area contributed by atoms with Crippen LogP contribution in [0.4, 0.5) is 5.69 Å². The summed E-state index contributed by atoms with van der Waals surface area (Å²) in [4.78, 5) is 40.1. The van der Waals surface area contributed by atoms with Crippen LogP contribution in [0.25, 0.3) is 11.0 Å². The highest BCUT2D eigenvalue weighted by Gasteiger charge is 2.45. The Labute approximate surface area is 229 Å². The van der Waals surface area contributed by atoms with E-state index >= 15 is 0 Å². The first-order chi connectivity index (χ1) is 18.7. The predicted octanol–water partition coefficient (Wildman–Crippen LogP) is 6.37. The molecule has 1 aliphatic rings. The molecule has 1 aromatic heterocycles. The van der Waals surface area contributed by atoms with E-state index in [1.165, 1.54) is 25.0 Å². The summed E-state index contributed by atoms with van der Waals surface area (Å²) in [5.74, 6) is -2.01. The van der Waals surface area contributed by atoms with E-state index < -0.39 is 29.5 Å². The van der Waals surface area contributed by atoms with Gasteiger partial charge in [0.05, 0.1) is 18.7 Å². The van der Waals surface area contributed by atoms with Crippen molar-refractivity contribution in [2.45, 2.75) is 26.3 Å². The zero-order chi connectivity index (χ0) is 27.8. The molecule has 198 valence electrons. The molecule has 1 unspecified atom stereocenters. The number of carbonyl (C=O) groups excluding carboxylic acids is 3. The van der Waals surface area contributed by atoms with Gasteiger partial charge in [-0.3, -0.25) is 19.3 Å². The Hall–Kier alpha value is -4.56. The van der Waals surface area contributed by atoms with Gasteiger partial charge >= 0.3 is 5.97 Å². The molecule has 0 saturated carbocycles. The van der Waals surface area contributed by atoms with Crippen LogP contribution < -0.4 is 14.4 Å². The van der Waals surface area contributed by atoms with Crippen LogP contribution in [0.5, 0.6) is 11.5 Å². The third-order valence-corrected chi connectivity index (χ3v) is 6.74. The number of amides is 1. The maximum atomic E-state index is 13.9. The number of anilines is 1. The van der Waals surface area contributed by atoms with E-state index in [1.54, 1.807) is 48.5 Å². The second-order valence-corrected chi connectivity index (χ2v) is 9.43. The predicted molar refractivity (Wildman–Crippen MR) is 146 cm³/mol. The molecule has 4 aromatic rings. The number of ether oxygens (including phenoxy) is 2. The SMILES string of the molecule is CCc1ccc(N2C(=O)C(O)=C(C(=O)c3cc4cc(Cl)cc(OC)c4o3)C2c2ccc(OC(C)=O)cc2)cc1. The summed E-state index contributed by atoms with van der Waals surface area (Å²) in [6.45, 7) is 3.31. The molecule has 0 bridgehead atoms. The zero-order valence-corrected chi connectivity index (χ0v) is 22.1. The lowest BCUT2D eigenvalue weighted by atomic mass is 9.94. The van der Waals surface area contributed by atoms with Gasteiger partial charge in [-0.15, -0.1) is 0 Å². The van der Waals surface area contributed by atoms with Gasteiger partial charge in [-0.1, -0.05) is 42.8 Å². The number of carbonyl (C=O) groups is 3. The van der Waals surface area contributed by atoms with E-state index in [9.17, 15) is 19.5 Å². The van der Waals surface area contributed by atoms with Crippen LogP contribution >= 0.6 is 11.6 Å². The molecule has 1 atom stereocenters. The minimum absolute atomic E-state index is 0.0929. The Morgan fingerprint density at radius 1 is 1.05 bits per heavy atom. The minimum Gasteiger partial charge on any atom is -0.503 e. The van der Waals surface area contributed by atoms with Gasteiger partial charge in [-0.05, 0) is 53.9 Å². The third-order valence-electron chi connectivity index (χ3n) is 6.52. The van der Waals surface area contributed by atoms with Crippen LogP contribution in [0.3, 0.4) is 0 Å². The van der Waals surface area contributed by atoms with E-state index in [1.807, 2.05) is 19.1 Å². The van der Waals surface area contributed by atoms with Gasteiger partial charge in [0.1, 0.15) is 5.75 Å². The molecular weight excluding hydrogens is 522 g/mol. The van der Waals surface area contributed by atoms with Crippen LogP contribution in [0.15, 0.2) is 82.5 Å². The first-order valence-corrected chi connectivity index (χ1v) is 12.6. The van der Waals surface area contributed by atoms with Gasteiger partial charge in [0, 0.05) is 29.1 Å². The second-order valence-electron chi connectivity index (χ2n) is 8.99. The molecule has 0 fully saturated rings. The number of rotatable bonds is 7. The molecule has 0 saturated heterocycles. The average Bonchev–Trinajstić information content (AvgIpc) is 3.47. The summed E-state index contributed by atoms with van der Waals surface area (Å²) >= 11 is 6.18. The third kappa shape index (κ3) is 4.75. The van der Waals surface area contributed by atoms with E-state index in [2.05, 4.69) is 0 Å². The van der Waals surface area contributed by atoms with Gasteiger partial charge in [-0.2, -0.15) is 0 Å². The van der Waals surface area contributed by atoms with Crippen molar-refractivity contribution >= 4 is 45.9 Å². The first-order valence-electron chi connectivity index (χ1n) is 12.2. The highest BCUT2D eigenvalue weighted by molar-refractivity contribution is 6.31. The van der Waals surface area contributed by atoms with Crippen molar-refractivity contribution in [3.63, 3.8) is 0 Å². The summed E-state index contributed by atoms with van der Waals surface area (Å²) in [5, 5.41) is 12.0.